The monoisotopic (exact) mass is 570 g/mol. The van der Waals surface area contributed by atoms with E-state index in [0.29, 0.717) is 29.1 Å². The lowest BCUT2D eigenvalue weighted by atomic mass is 9.92. The van der Waals surface area contributed by atoms with Gasteiger partial charge in [0.05, 0.1) is 38.2 Å². The van der Waals surface area contributed by atoms with Crippen LogP contribution in [0.25, 0.3) is 0 Å². The van der Waals surface area contributed by atoms with Crippen molar-refractivity contribution < 1.29 is 46.5 Å². The Morgan fingerprint density at radius 3 is 2.50 bits per heavy atom. The number of nitrogens with zero attached hydrogens (tertiary/aromatic N) is 2. The summed E-state index contributed by atoms with van der Waals surface area (Å²) in [5.41, 5.74) is 1.72. The number of carbonyl (C=O) groups excluding carboxylic acids is 3. The van der Waals surface area contributed by atoms with Crippen molar-refractivity contribution in [1.82, 2.24) is 4.90 Å². The first-order valence-electron chi connectivity index (χ1n) is 13.3. The fourth-order valence-corrected chi connectivity index (χ4v) is 4.89. The van der Waals surface area contributed by atoms with Gasteiger partial charge in [0, 0.05) is 37.7 Å². The zero-order chi connectivity index (χ0) is 29.4. The van der Waals surface area contributed by atoms with E-state index in [1.165, 1.54) is 7.11 Å². The number of fused-ring (bicyclic) bond motifs is 1. The summed E-state index contributed by atoms with van der Waals surface area (Å²) >= 11 is 0. The van der Waals surface area contributed by atoms with E-state index in [4.69, 9.17) is 18.9 Å². The first-order valence-corrected chi connectivity index (χ1v) is 13.3. The number of halogens is 3. The molecular weight excluding hydrogens is 533 g/mol. The topological polar surface area (TPSA) is 94.6 Å². The lowest BCUT2D eigenvalue weighted by Gasteiger charge is -2.26. The molecule has 2 aliphatic heterocycles. The van der Waals surface area contributed by atoms with Gasteiger partial charge in [-0.05, 0) is 51.6 Å². The maximum absolute atomic E-state index is 13.3. The molecule has 0 bridgehead atoms. The summed E-state index contributed by atoms with van der Waals surface area (Å²) in [6.45, 7) is 7.97. The summed E-state index contributed by atoms with van der Waals surface area (Å²) in [5.74, 6) is -2.97. The highest BCUT2D eigenvalue weighted by Gasteiger charge is 2.44. The van der Waals surface area contributed by atoms with Crippen LogP contribution in [-0.2, 0) is 36.8 Å². The van der Waals surface area contributed by atoms with Crippen LogP contribution in [0.3, 0.4) is 0 Å². The number of benzene rings is 1. The highest BCUT2D eigenvalue weighted by molar-refractivity contribution is 6.07. The molecule has 0 saturated carbocycles. The highest BCUT2D eigenvalue weighted by Crippen LogP contribution is 2.43. The molecule has 0 radical (unpaired) electrons. The van der Waals surface area contributed by atoms with Crippen LogP contribution in [0.4, 0.5) is 18.9 Å². The van der Waals surface area contributed by atoms with Gasteiger partial charge in [0.2, 0.25) is 0 Å². The zero-order valence-electron chi connectivity index (χ0n) is 23.4. The van der Waals surface area contributed by atoms with Crippen LogP contribution in [0.2, 0.25) is 0 Å². The molecule has 2 heterocycles. The van der Waals surface area contributed by atoms with E-state index >= 15 is 0 Å². The van der Waals surface area contributed by atoms with Gasteiger partial charge in [-0.25, -0.2) is 4.79 Å². The highest BCUT2D eigenvalue weighted by atomic mass is 19.4. The number of morpholine rings is 1. The molecular formula is C28H37F3N2O7. The maximum Gasteiger partial charge on any atom is 0.471 e. The molecule has 0 aliphatic carbocycles. The van der Waals surface area contributed by atoms with Crippen molar-refractivity contribution in [3.8, 4) is 5.75 Å². The number of hydrogen-bond acceptors (Lipinski definition) is 8. The van der Waals surface area contributed by atoms with E-state index in [1.807, 2.05) is 0 Å². The average molecular weight is 571 g/mol. The third-order valence-corrected chi connectivity index (χ3v) is 7.14. The Morgan fingerprint density at radius 2 is 1.85 bits per heavy atom. The SMILES string of the molecule is COc1c(C)c2c(c(N(C)C(=O)C(F)(F)F)c1CC=C(C)CCC(=O)OCCCCN1CCOCC1)C(=O)OC2. The standard InChI is InChI=1S/C28H37F3N2O7/c1-18(8-10-22(34)39-14-6-5-11-33-12-15-38-16-13-33)7-9-20-24(32(3)27(36)28(29,30)31)23-21(17-40-26(23)35)19(2)25(20)37-4/h7H,5-6,8-17H2,1-4H3. The first-order chi connectivity index (χ1) is 19.0. The number of ether oxygens (including phenoxy) is 4. The van der Waals surface area contributed by atoms with Gasteiger partial charge in [-0.2, -0.15) is 13.2 Å². The normalized spacial score (nSPS) is 16.0. The fourth-order valence-electron chi connectivity index (χ4n) is 4.89. The van der Waals surface area contributed by atoms with Crippen LogP contribution in [-0.4, -0.2) is 82.5 Å². The average Bonchev–Trinajstić information content (AvgIpc) is 3.31. The van der Waals surface area contributed by atoms with Crippen molar-refractivity contribution >= 4 is 23.5 Å². The Bertz CT molecular complexity index is 1130. The molecule has 1 amide bonds. The molecule has 1 aromatic carbocycles. The summed E-state index contributed by atoms with van der Waals surface area (Å²) in [5, 5.41) is 0. The van der Waals surface area contributed by atoms with Gasteiger partial charge in [0.25, 0.3) is 0 Å². The molecule has 9 nitrogen and oxygen atoms in total. The smallest absolute Gasteiger partial charge is 0.471 e. The minimum Gasteiger partial charge on any atom is -0.496 e. The quantitative estimate of drug-likeness (QED) is 0.211. The molecule has 0 spiro atoms. The third kappa shape index (κ3) is 7.75. The lowest BCUT2D eigenvalue weighted by molar-refractivity contribution is -0.170. The predicted molar refractivity (Wildman–Crippen MR) is 140 cm³/mol. The Hall–Kier alpha value is -3.12. The molecule has 1 saturated heterocycles. The van der Waals surface area contributed by atoms with Gasteiger partial charge >= 0.3 is 24.0 Å². The van der Waals surface area contributed by atoms with Gasteiger partial charge in [0.1, 0.15) is 12.4 Å². The number of cyclic esters (lactones) is 1. The minimum atomic E-state index is -5.14. The van der Waals surface area contributed by atoms with Gasteiger partial charge < -0.3 is 23.8 Å². The van der Waals surface area contributed by atoms with Crippen LogP contribution in [0.1, 0.15) is 59.7 Å². The number of allylic oxidation sites excluding steroid dienone is 2. The minimum absolute atomic E-state index is 0.0673. The van der Waals surface area contributed by atoms with E-state index in [9.17, 15) is 27.6 Å². The molecule has 2 aliphatic rings. The fraction of sp³-hybridized carbons (Fsp3) is 0.607. The molecule has 12 heteroatoms. The van der Waals surface area contributed by atoms with Crippen molar-refractivity contribution in [2.75, 3.05) is 58.5 Å². The van der Waals surface area contributed by atoms with Gasteiger partial charge in [-0.1, -0.05) is 11.6 Å². The van der Waals surface area contributed by atoms with E-state index in [1.54, 1.807) is 19.9 Å². The summed E-state index contributed by atoms with van der Waals surface area (Å²) in [4.78, 5) is 39.7. The molecule has 0 aromatic heterocycles. The van der Waals surface area contributed by atoms with E-state index < -0.39 is 18.1 Å². The van der Waals surface area contributed by atoms with Crippen molar-refractivity contribution in [2.45, 2.75) is 58.7 Å². The molecule has 3 rings (SSSR count). The molecule has 0 unspecified atom stereocenters. The second-order valence-electron chi connectivity index (χ2n) is 9.91. The van der Waals surface area contributed by atoms with Crippen LogP contribution < -0.4 is 9.64 Å². The summed E-state index contributed by atoms with van der Waals surface area (Å²) in [6.07, 6.45) is -1.10. The number of alkyl halides is 3. The number of amides is 1. The van der Waals surface area contributed by atoms with Gasteiger partial charge in [0.15, 0.2) is 0 Å². The number of carbonyl (C=O) groups is 3. The Kier molecular flexibility index (Phi) is 11.0. The second kappa shape index (κ2) is 14.0. The van der Waals surface area contributed by atoms with Crippen molar-refractivity contribution in [3.63, 3.8) is 0 Å². The Balaban J connectivity index is 1.66. The van der Waals surface area contributed by atoms with Crippen LogP contribution in [0.5, 0.6) is 5.75 Å². The molecule has 1 fully saturated rings. The van der Waals surface area contributed by atoms with Crippen molar-refractivity contribution in [3.05, 3.63) is 33.9 Å². The van der Waals surface area contributed by atoms with Crippen LogP contribution in [0, 0.1) is 6.92 Å². The Labute approximate surface area is 232 Å². The number of rotatable bonds is 12. The molecule has 222 valence electrons. The molecule has 1 aromatic rings. The summed E-state index contributed by atoms with van der Waals surface area (Å²) in [7, 11) is 2.35. The number of methoxy groups -OCH3 is 1. The van der Waals surface area contributed by atoms with Gasteiger partial charge in [-0.15, -0.1) is 0 Å². The summed E-state index contributed by atoms with van der Waals surface area (Å²) < 4.78 is 61.3. The third-order valence-electron chi connectivity index (χ3n) is 7.14. The molecule has 0 N–H and O–H groups in total. The van der Waals surface area contributed by atoms with Crippen LogP contribution in [0.15, 0.2) is 11.6 Å². The molecule has 40 heavy (non-hydrogen) atoms. The second-order valence-corrected chi connectivity index (χ2v) is 9.91. The number of hydrogen-bond donors (Lipinski definition) is 0. The molecule has 0 atom stereocenters. The number of esters is 2. The van der Waals surface area contributed by atoms with Crippen molar-refractivity contribution in [1.29, 1.82) is 0 Å². The Morgan fingerprint density at radius 1 is 1.15 bits per heavy atom. The lowest BCUT2D eigenvalue weighted by Crippen LogP contribution is -2.39. The van der Waals surface area contributed by atoms with E-state index in [2.05, 4.69) is 4.90 Å². The van der Waals surface area contributed by atoms with E-state index in [0.717, 1.165) is 58.3 Å². The van der Waals surface area contributed by atoms with E-state index in [-0.39, 0.29) is 48.0 Å². The van der Waals surface area contributed by atoms with Crippen LogP contribution >= 0.6 is 0 Å². The largest absolute Gasteiger partial charge is 0.496 e. The maximum atomic E-state index is 13.3. The van der Waals surface area contributed by atoms with Crippen molar-refractivity contribution in [2.24, 2.45) is 0 Å². The number of anilines is 1. The predicted octanol–water partition coefficient (Wildman–Crippen LogP) is 4.12. The number of unbranched alkanes of at least 4 members (excludes halogenated alkanes) is 1. The zero-order valence-corrected chi connectivity index (χ0v) is 23.4. The van der Waals surface area contributed by atoms with Gasteiger partial charge in [-0.3, -0.25) is 14.5 Å². The summed E-state index contributed by atoms with van der Waals surface area (Å²) in [6, 6.07) is 0. The first kappa shape index (κ1) is 31.4.